The number of H-pyrrole nitrogens is 1. The molecule has 0 radical (unpaired) electrons. The summed E-state index contributed by atoms with van der Waals surface area (Å²) in [5.41, 5.74) is 3.64. The highest BCUT2D eigenvalue weighted by atomic mass is 19.1. The molecule has 5 rings (SSSR count). The van der Waals surface area contributed by atoms with Gasteiger partial charge in [-0.2, -0.15) is 5.10 Å². The Labute approximate surface area is 176 Å². The van der Waals surface area contributed by atoms with E-state index in [2.05, 4.69) is 10.2 Å². The third-order valence-electron chi connectivity index (χ3n) is 5.37. The van der Waals surface area contributed by atoms with E-state index in [9.17, 15) is 19.1 Å². The number of carbonyl (C=O) groups is 2. The lowest BCUT2D eigenvalue weighted by molar-refractivity contribution is 0.0696. The van der Waals surface area contributed by atoms with Crippen molar-refractivity contribution in [3.8, 4) is 11.3 Å². The van der Waals surface area contributed by atoms with Gasteiger partial charge in [-0.15, -0.1) is 0 Å². The van der Waals surface area contributed by atoms with Gasteiger partial charge in [-0.1, -0.05) is 42.5 Å². The van der Waals surface area contributed by atoms with E-state index in [1.807, 2.05) is 30.3 Å². The SMILES string of the molecule is O=C(O)c1ccc(N2C(=O)c3[nH]nc(-c4ccccc4)c3[C@@H]2c2cccc(F)c2)cc1. The molecule has 31 heavy (non-hydrogen) atoms. The van der Waals surface area contributed by atoms with Crippen LogP contribution in [-0.4, -0.2) is 27.2 Å². The molecule has 1 aliphatic rings. The molecule has 152 valence electrons. The van der Waals surface area contributed by atoms with Crippen LogP contribution in [0.15, 0.2) is 78.9 Å². The number of hydrogen-bond acceptors (Lipinski definition) is 3. The number of amides is 1. The van der Waals surface area contributed by atoms with Crippen LogP contribution in [0.4, 0.5) is 10.1 Å². The molecule has 3 aromatic carbocycles. The van der Waals surface area contributed by atoms with Crippen LogP contribution in [-0.2, 0) is 0 Å². The first-order valence-electron chi connectivity index (χ1n) is 9.60. The van der Waals surface area contributed by atoms with Crippen LogP contribution in [0.3, 0.4) is 0 Å². The molecule has 1 atom stereocenters. The van der Waals surface area contributed by atoms with E-state index in [0.29, 0.717) is 28.2 Å². The molecule has 0 saturated heterocycles. The average molecular weight is 413 g/mol. The number of aromatic nitrogens is 2. The van der Waals surface area contributed by atoms with Crippen molar-refractivity contribution in [2.24, 2.45) is 0 Å². The second-order valence-corrected chi connectivity index (χ2v) is 7.21. The van der Waals surface area contributed by atoms with Gasteiger partial charge in [-0.05, 0) is 42.0 Å². The summed E-state index contributed by atoms with van der Waals surface area (Å²) in [6.45, 7) is 0. The standard InChI is InChI=1S/C24H16FN3O3/c25-17-8-4-7-16(13-17)22-19-20(14-5-2-1-3-6-14)26-27-21(19)23(29)28(22)18-11-9-15(10-12-18)24(30)31/h1-13,22H,(H,26,27)(H,30,31)/t22-/m0/s1. The molecule has 0 saturated carbocycles. The molecule has 1 amide bonds. The highest BCUT2D eigenvalue weighted by Crippen LogP contribution is 2.45. The summed E-state index contributed by atoms with van der Waals surface area (Å²) in [4.78, 5) is 26.1. The Kier molecular flexibility index (Phi) is 4.36. The molecule has 2 heterocycles. The molecule has 0 unspecified atom stereocenters. The third-order valence-corrected chi connectivity index (χ3v) is 5.37. The maximum absolute atomic E-state index is 14.1. The normalized spacial score (nSPS) is 15.2. The number of aromatic carboxylic acids is 1. The Morgan fingerprint density at radius 1 is 1.00 bits per heavy atom. The van der Waals surface area contributed by atoms with Crippen molar-refractivity contribution < 1.29 is 19.1 Å². The number of nitrogens with zero attached hydrogens (tertiary/aromatic N) is 2. The van der Waals surface area contributed by atoms with Gasteiger partial charge in [0.2, 0.25) is 0 Å². The lowest BCUT2D eigenvalue weighted by Gasteiger charge is -2.26. The van der Waals surface area contributed by atoms with Crippen molar-refractivity contribution in [3.05, 3.63) is 107 Å². The second kappa shape index (κ2) is 7.21. The van der Waals surface area contributed by atoms with Crippen LogP contribution in [0, 0.1) is 5.82 Å². The van der Waals surface area contributed by atoms with E-state index >= 15 is 0 Å². The maximum atomic E-state index is 14.1. The summed E-state index contributed by atoms with van der Waals surface area (Å²) in [5.74, 6) is -1.78. The molecule has 0 spiro atoms. The molecule has 0 aliphatic carbocycles. The molecule has 2 N–H and O–H groups in total. The summed E-state index contributed by atoms with van der Waals surface area (Å²) >= 11 is 0. The van der Waals surface area contributed by atoms with Gasteiger partial charge in [-0.3, -0.25) is 14.8 Å². The minimum absolute atomic E-state index is 0.114. The van der Waals surface area contributed by atoms with Gasteiger partial charge in [0.15, 0.2) is 0 Å². The van der Waals surface area contributed by atoms with E-state index in [1.54, 1.807) is 24.3 Å². The number of halogens is 1. The Balaban J connectivity index is 1.70. The first-order valence-corrected chi connectivity index (χ1v) is 9.60. The molecule has 4 aromatic rings. The highest BCUT2D eigenvalue weighted by molar-refractivity contribution is 6.11. The van der Waals surface area contributed by atoms with Crippen molar-refractivity contribution in [2.75, 3.05) is 4.90 Å². The average Bonchev–Trinajstić information content (AvgIpc) is 3.33. The largest absolute Gasteiger partial charge is 0.478 e. The van der Waals surface area contributed by atoms with Crippen molar-refractivity contribution in [3.63, 3.8) is 0 Å². The van der Waals surface area contributed by atoms with Gasteiger partial charge in [0.25, 0.3) is 5.91 Å². The number of anilines is 1. The van der Waals surface area contributed by atoms with Crippen molar-refractivity contribution in [1.29, 1.82) is 0 Å². The minimum atomic E-state index is -1.05. The van der Waals surface area contributed by atoms with Crippen molar-refractivity contribution in [2.45, 2.75) is 6.04 Å². The van der Waals surface area contributed by atoms with Gasteiger partial charge in [0.1, 0.15) is 11.5 Å². The van der Waals surface area contributed by atoms with Crippen LogP contribution in [0.5, 0.6) is 0 Å². The lowest BCUT2D eigenvalue weighted by Crippen LogP contribution is -2.29. The van der Waals surface area contributed by atoms with Crippen LogP contribution in [0.1, 0.15) is 38.0 Å². The zero-order valence-corrected chi connectivity index (χ0v) is 16.1. The van der Waals surface area contributed by atoms with Crippen LogP contribution in [0.2, 0.25) is 0 Å². The molecule has 7 heteroatoms. The number of benzene rings is 3. The van der Waals surface area contributed by atoms with Gasteiger partial charge < -0.3 is 5.11 Å². The summed E-state index contributed by atoms with van der Waals surface area (Å²) in [6.07, 6.45) is 0. The van der Waals surface area contributed by atoms with Gasteiger partial charge in [0, 0.05) is 16.8 Å². The van der Waals surface area contributed by atoms with E-state index in [-0.39, 0.29) is 11.5 Å². The monoisotopic (exact) mass is 413 g/mol. The number of aromatic amines is 1. The molecular weight excluding hydrogens is 397 g/mol. The zero-order chi connectivity index (χ0) is 21.5. The number of carboxylic acid groups (broad SMARTS) is 1. The lowest BCUT2D eigenvalue weighted by atomic mass is 9.95. The Morgan fingerprint density at radius 3 is 2.42 bits per heavy atom. The van der Waals surface area contributed by atoms with Crippen LogP contribution >= 0.6 is 0 Å². The first-order chi connectivity index (χ1) is 15.0. The number of rotatable bonds is 4. The van der Waals surface area contributed by atoms with Crippen LogP contribution in [0.25, 0.3) is 11.3 Å². The first kappa shape index (κ1) is 18.7. The predicted molar refractivity (Wildman–Crippen MR) is 112 cm³/mol. The summed E-state index contributed by atoms with van der Waals surface area (Å²) in [7, 11) is 0. The fourth-order valence-electron chi connectivity index (χ4n) is 3.99. The van der Waals surface area contributed by atoms with Gasteiger partial charge in [-0.25, -0.2) is 9.18 Å². The predicted octanol–water partition coefficient (Wildman–Crippen LogP) is 4.66. The Morgan fingerprint density at radius 2 is 1.74 bits per heavy atom. The van der Waals surface area contributed by atoms with Crippen molar-refractivity contribution >= 4 is 17.6 Å². The zero-order valence-electron chi connectivity index (χ0n) is 16.1. The van der Waals surface area contributed by atoms with E-state index in [0.717, 1.165) is 5.56 Å². The highest BCUT2D eigenvalue weighted by Gasteiger charge is 2.43. The van der Waals surface area contributed by atoms with E-state index < -0.39 is 17.8 Å². The number of fused-ring (bicyclic) bond motifs is 1. The van der Waals surface area contributed by atoms with Gasteiger partial charge >= 0.3 is 5.97 Å². The topological polar surface area (TPSA) is 86.3 Å². The molecule has 0 fully saturated rings. The number of carboxylic acids is 1. The second-order valence-electron chi connectivity index (χ2n) is 7.21. The number of carbonyl (C=O) groups excluding carboxylic acids is 1. The summed E-state index contributed by atoms with van der Waals surface area (Å²) in [5, 5.41) is 16.4. The molecule has 0 bridgehead atoms. The number of nitrogens with one attached hydrogen (secondary N) is 1. The molecular formula is C24H16FN3O3. The molecule has 1 aliphatic heterocycles. The number of hydrogen-bond donors (Lipinski definition) is 2. The fourth-order valence-corrected chi connectivity index (χ4v) is 3.99. The molecule has 1 aromatic heterocycles. The minimum Gasteiger partial charge on any atom is -0.478 e. The van der Waals surface area contributed by atoms with E-state index in [4.69, 9.17) is 0 Å². The Hall–Kier alpha value is -4.26. The third kappa shape index (κ3) is 3.07. The summed E-state index contributed by atoms with van der Waals surface area (Å²) in [6, 6.07) is 21.0. The van der Waals surface area contributed by atoms with E-state index in [1.165, 1.54) is 29.2 Å². The smallest absolute Gasteiger partial charge is 0.335 e. The van der Waals surface area contributed by atoms with Crippen molar-refractivity contribution in [1.82, 2.24) is 10.2 Å². The summed E-state index contributed by atoms with van der Waals surface area (Å²) < 4.78 is 14.1. The molecule has 6 nitrogen and oxygen atoms in total. The quantitative estimate of drug-likeness (QED) is 0.509. The fraction of sp³-hybridized carbons (Fsp3) is 0.0417. The van der Waals surface area contributed by atoms with Gasteiger partial charge in [0.05, 0.1) is 17.3 Å². The van der Waals surface area contributed by atoms with Crippen LogP contribution < -0.4 is 4.90 Å². The Bertz CT molecular complexity index is 1300. The maximum Gasteiger partial charge on any atom is 0.335 e.